The molecule has 8 heteroatoms. The van der Waals surface area contributed by atoms with Gasteiger partial charge < -0.3 is 5.32 Å². The lowest BCUT2D eigenvalue weighted by Gasteiger charge is -2.13. The lowest BCUT2D eigenvalue weighted by Crippen LogP contribution is -2.27. The number of nitro groups is 1. The molecule has 2 aromatic carbocycles. The van der Waals surface area contributed by atoms with Crippen LogP contribution in [0.2, 0.25) is 0 Å². The van der Waals surface area contributed by atoms with E-state index in [9.17, 15) is 20.2 Å². The molecule has 1 aromatic heterocycles. The maximum absolute atomic E-state index is 12.6. The normalized spacial score (nSPS) is 12.1. The lowest BCUT2D eigenvalue weighted by atomic mass is 10.0. The number of hydrogen-bond donors (Lipinski definition) is 2. The Hall–Kier alpha value is -4.25. The van der Waals surface area contributed by atoms with Gasteiger partial charge in [0, 0.05) is 23.3 Å². The van der Waals surface area contributed by atoms with Crippen molar-refractivity contribution >= 4 is 17.7 Å². The highest BCUT2D eigenvalue weighted by atomic mass is 16.6. The van der Waals surface area contributed by atoms with Crippen LogP contribution < -0.4 is 5.32 Å². The summed E-state index contributed by atoms with van der Waals surface area (Å²) < 4.78 is 0. The second-order valence-corrected chi connectivity index (χ2v) is 6.28. The van der Waals surface area contributed by atoms with E-state index >= 15 is 0 Å². The third-order valence-electron chi connectivity index (χ3n) is 4.33. The predicted molar refractivity (Wildman–Crippen MR) is 107 cm³/mol. The van der Waals surface area contributed by atoms with Gasteiger partial charge >= 0.3 is 0 Å². The quantitative estimate of drug-likeness (QED) is 0.288. The van der Waals surface area contributed by atoms with E-state index in [1.165, 1.54) is 24.4 Å². The summed E-state index contributed by atoms with van der Waals surface area (Å²) in [6, 6.07) is 17.0. The molecule has 0 fully saturated rings. The Balaban J connectivity index is 1.86. The molecule has 1 amide bonds. The largest absolute Gasteiger partial charge is 0.345 e. The first kappa shape index (κ1) is 19.5. The van der Waals surface area contributed by atoms with Crippen molar-refractivity contribution in [3.05, 3.63) is 87.6 Å². The summed E-state index contributed by atoms with van der Waals surface area (Å²) in [5.41, 5.74) is 2.23. The summed E-state index contributed by atoms with van der Waals surface area (Å²) >= 11 is 0. The number of hydrogen-bond acceptors (Lipinski definition) is 5. The Kier molecular flexibility index (Phi) is 5.80. The van der Waals surface area contributed by atoms with E-state index < -0.39 is 10.8 Å². The molecule has 1 unspecified atom stereocenters. The van der Waals surface area contributed by atoms with Gasteiger partial charge in [-0.3, -0.25) is 20.0 Å². The number of nitrogens with zero attached hydrogens (tertiary/aromatic N) is 3. The van der Waals surface area contributed by atoms with E-state index in [4.69, 9.17) is 0 Å². The van der Waals surface area contributed by atoms with Crippen LogP contribution >= 0.6 is 0 Å². The van der Waals surface area contributed by atoms with Crippen LogP contribution in [0, 0.1) is 21.4 Å². The molecule has 0 saturated carbocycles. The van der Waals surface area contributed by atoms with Crippen molar-refractivity contribution in [2.24, 2.45) is 0 Å². The highest BCUT2D eigenvalue weighted by molar-refractivity contribution is 6.02. The zero-order valence-corrected chi connectivity index (χ0v) is 15.5. The molecule has 0 spiro atoms. The average molecular weight is 387 g/mol. The number of carbonyl (C=O) groups is 1. The number of aromatic amines is 1. The number of nitrogens with one attached hydrogen (secondary N) is 2. The smallest absolute Gasteiger partial charge is 0.270 e. The average Bonchev–Trinajstić information content (AvgIpc) is 3.20. The van der Waals surface area contributed by atoms with Gasteiger partial charge in [-0.05, 0) is 18.6 Å². The number of nitro benzene ring substituents is 1. The number of carbonyl (C=O) groups excluding carboxylic acids is 1. The van der Waals surface area contributed by atoms with Gasteiger partial charge in [0.2, 0.25) is 0 Å². The summed E-state index contributed by atoms with van der Waals surface area (Å²) in [6.07, 6.45) is 2.87. The van der Waals surface area contributed by atoms with Gasteiger partial charge in [-0.25, -0.2) is 0 Å². The highest BCUT2D eigenvalue weighted by Crippen LogP contribution is 2.26. The molecule has 29 heavy (non-hydrogen) atoms. The van der Waals surface area contributed by atoms with Crippen molar-refractivity contribution in [2.45, 2.75) is 13.0 Å². The first-order valence-electron chi connectivity index (χ1n) is 8.75. The lowest BCUT2D eigenvalue weighted by molar-refractivity contribution is -0.384. The minimum Gasteiger partial charge on any atom is -0.345 e. The van der Waals surface area contributed by atoms with Crippen LogP contribution in [0.3, 0.4) is 0 Å². The Labute approximate surface area is 166 Å². The van der Waals surface area contributed by atoms with Crippen molar-refractivity contribution in [1.82, 2.24) is 15.5 Å². The van der Waals surface area contributed by atoms with Crippen molar-refractivity contribution in [2.75, 3.05) is 0 Å². The third kappa shape index (κ3) is 4.54. The molecule has 2 N–H and O–H groups in total. The molecule has 0 saturated heterocycles. The molecular weight excluding hydrogens is 370 g/mol. The van der Waals surface area contributed by atoms with Crippen LogP contribution in [0.25, 0.3) is 17.3 Å². The zero-order chi connectivity index (χ0) is 20.8. The fraction of sp³-hybridized carbons (Fsp3) is 0.0952. The van der Waals surface area contributed by atoms with Crippen LogP contribution in [-0.4, -0.2) is 21.0 Å². The predicted octanol–water partition coefficient (Wildman–Crippen LogP) is 3.77. The van der Waals surface area contributed by atoms with Crippen molar-refractivity contribution in [1.29, 1.82) is 5.26 Å². The fourth-order valence-electron chi connectivity index (χ4n) is 2.81. The fourth-order valence-corrected chi connectivity index (χ4v) is 2.81. The van der Waals surface area contributed by atoms with Crippen LogP contribution in [-0.2, 0) is 4.79 Å². The molecule has 3 aromatic rings. The Morgan fingerprint density at radius 2 is 2.03 bits per heavy atom. The number of H-pyrrole nitrogens is 1. The minimum atomic E-state index is -0.518. The van der Waals surface area contributed by atoms with Crippen molar-refractivity contribution < 1.29 is 9.72 Å². The first-order valence-corrected chi connectivity index (χ1v) is 8.75. The second-order valence-electron chi connectivity index (χ2n) is 6.28. The topological polar surface area (TPSA) is 125 Å². The van der Waals surface area contributed by atoms with Crippen LogP contribution in [0.5, 0.6) is 0 Å². The molecule has 1 atom stereocenters. The van der Waals surface area contributed by atoms with Crippen LogP contribution in [0.4, 0.5) is 5.69 Å². The molecule has 3 rings (SSSR count). The first-order chi connectivity index (χ1) is 14.0. The van der Waals surface area contributed by atoms with Gasteiger partial charge in [0.15, 0.2) is 0 Å². The third-order valence-corrected chi connectivity index (χ3v) is 4.33. The van der Waals surface area contributed by atoms with E-state index in [1.54, 1.807) is 12.1 Å². The summed E-state index contributed by atoms with van der Waals surface area (Å²) in [5.74, 6) is -0.518. The number of aromatic nitrogens is 2. The van der Waals surface area contributed by atoms with Crippen LogP contribution in [0.15, 0.2) is 66.4 Å². The van der Waals surface area contributed by atoms with Crippen LogP contribution in [0.1, 0.15) is 24.1 Å². The summed E-state index contributed by atoms with van der Waals surface area (Å²) in [7, 11) is 0. The van der Waals surface area contributed by atoms with Gasteiger partial charge in [0.05, 0.1) is 22.9 Å². The summed E-state index contributed by atoms with van der Waals surface area (Å²) in [5, 5.41) is 30.0. The second kappa shape index (κ2) is 8.63. The number of non-ortho nitro benzene ring substituents is 1. The Morgan fingerprint density at radius 3 is 2.72 bits per heavy atom. The van der Waals surface area contributed by atoms with Gasteiger partial charge in [-0.15, -0.1) is 0 Å². The highest BCUT2D eigenvalue weighted by Gasteiger charge is 2.16. The van der Waals surface area contributed by atoms with Gasteiger partial charge in [0.25, 0.3) is 11.6 Å². The van der Waals surface area contributed by atoms with Gasteiger partial charge in [-0.2, -0.15) is 10.4 Å². The Bertz CT molecular complexity index is 1110. The Morgan fingerprint density at radius 1 is 1.28 bits per heavy atom. The SMILES string of the molecule is CC(NC(=O)/C(C#N)=C/c1cn[nH]c1-c1cccc([N+](=O)[O-])c1)c1ccccc1. The van der Waals surface area contributed by atoms with E-state index in [0.717, 1.165) is 5.56 Å². The van der Waals surface area contributed by atoms with E-state index in [1.807, 2.05) is 43.3 Å². The van der Waals surface area contributed by atoms with Crippen molar-refractivity contribution in [3.63, 3.8) is 0 Å². The molecule has 0 bridgehead atoms. The molecule has 8 nitrogen and oxygen atoms in total. The number of amides is 1. The standard InChI is InChI=1S/C21H17N5O3/c1-14(15-6-3-2-4-7-15)24-21(27)17(12-22)10-18-13-23-25-20(18)16-8-5-9-19(11-16)26(28)29/h2-11,13-14H,1H3,(H,23,25)(H,24,27)/b17-10+. The zero-order valence-electron chi connectivity index (χ0n) is 15.5. The summed E-state index contributed by atoms with van der Waals surface area (Å²) in [4.78, 5) is 23.1. The van der Waals surface area contributed by atoms with Gasteiger partial charge in [-0.1, -0.05) is 42.5 Å². The maximum atomic E-state index is 12.6. The van der Waals surface area contributed by atoms with Gasteiger partial charge in [0.1, 0.15) is 11.6 Å². The molecule has 1 heterocycles. The maximum Gasteiger partial charge on any atom is 0.270 e. The van der Waals surface area contributed by atoms with E-state index in [2.05, 4.69) is 15.5 Å². The number of rotatable bonds is 6. The number of benzene rings is 2. The minimum absolute atomic E-state index is 0.0676. The number of nitriles is 1. The summed E-state index contributed by atoms with van der Waals surface area (Å²) in [6.45, 7) is 1.83. The monoisotopic (exact) mass is 387 g/mol. The van der Waals surface area contributed by atoms with Crippen molar-refractivity contribution in [3.8, 4) is 17.3 Å². The molecule has 0 aliphatic heterocycles. The van der Waals surface area contributed by atoms with E-state index in [-0.39, 0.29) is 17.3 Å². The molecule has 0 aliphatic rings. The molecule has 0 radical (unpaired) electrons. The molecule has 144 valence electrons. The molecular formula is C21H17N5O3. The molecule has 0 aliphatic carbocycles. The van der Waals surface area contributed by atoms with E-state index in [0.29, 0.717) is 16.8 Å².